The molecule has 1 aliphatic rings. The van der Waals surface area contributed by atoms with E-state index in [4.69, 9.17) is 22.7 Å². The monoisotopic (exact) mass is 250 g/mol. The van der Waals surface area contributed by atoms with Crippen LogP contribution >= 0.6 is 12.2 Å². The molecule has 0 bridgehead atoms. The van der Waals surface area contributed by atoms with Crippen LogP contribution in [0.25, 0.3) is 0 Å². The second-order valence-electron chi connectivity index (χ2n) is 4.58. The van der Waals surface area contributed by atoms with Crippen molar-refractivity contribution in [1.29, 1.82) is 0 Å². The lowest BCUT2D eigenvalue weighted by molar-refractivity contribution is 0.0329. The quantitative estimate of drug-likeness (QED) is 0.804. The average Bonchev–Trinajstić information content (AvgIpc) is 2.24. The predicted molar refractivity (Wildman–Crippen MR) is 74.5 cm³/mol. The molecular formula is C13H18N2OS. The van der Waals surface area contributed by atoms with Crippen LogP contribution in [0.15, 0.2) is 18.2 Å². The highest BCUT2D eigenvalue weighted by atomic mass is 32.1. The van der Waals surface area contributed by atoms with Gasteiger partial charge in [-0.3, -0.25) is 0 Å². The first-order valence-corrected chi connectivity index (χ1v) is 6.20. The Kier molecular flexibility index (Phi) is 3.64. The highest BCUT2D eigenvalue weighted by Crippen LogP contribution is 2.28. The summed E-state index contributed by atoms with van der Waals surface area (Å²) in [5.41, 5.74) is 8.87. The Hall–Kier alpha value is -1.13. The number of aryl methyl sites for hydroxylation is 1. The van der Waals surface area contributed by atoms with E-state index in [9.17, 15) is 0 Å². The minimum atomic E-state index is 0.395. The van der Waals surface area contributed by atoms with E-state index in [1.54, 1.807) is 7.11 Å². The molecule has 0 atom stereocenters. The highest BCUT2D eigenvalue weighted by Gasteiger charge is 2.29. The summed E-state index contributed by atoms with van der Waals surface area (Å²) in [6.07, 6.45) is 2.48. The summed E-state index contributed by atoms with van der Waals surface area (Å²) >= 11 is 5.08. The first-order valence-electron chi connectivity index (χ1n) is 5.80. The molecule has 17 heavy (non-hydrogen) atoms. The zero-order valence-corrected chi connectivity index (χ0v) is 11.0. The Bertz CT molecular complexity index is 427. The SMILES string of the molecule is COC1CC(Nc2ccc(C)cc2C(N)=S)C1. The summed E-state index contributed by atoms with van der Waals surface area (Å²) in [5.74, 6) is 0. The average molecular weight is 250 g/mol. The number of rotatable bonds is 4. The molecule has 1 saturated carbocycles. The molecule has 1 aromatic rings. The van der Waals surface area contributed by atoms with Crippen molar-refractivity contribution in [3.05, 3.63) is 29.3 Å². The lowest BCUT2D eigenvalue weighted by Gasteiger charge is -2.35. The maximum atomic E-state index is 5.74. The third-order valence-electron chi connectivity index (χ3n) is 3.23. The molecule has 0 radical (unpaired) electrons. The topological polar surface area (TPSA) is 47.3 Å². The third-order valence-corrected chi connectivity index (χ3v) is 3.45. The van der Waals surface area contributed by atoms with Gasteiger partial charge in [0.05, 0.1) is 6.10 Å². The summed E-state index contributed by atoms with van der Waals surface area (Å²) in [7, 11) is 1.76. The van der Waals surface area contributed by atoms with E-state index < -0.39 is 0 Å². The first kappa shape index (κ1) is 12.3. The maximum Gasteiger partial charge on any atom is 0.106 e. The van der Waals surface area contributed by atoms with Gasteiger partial charge in [0.25, 0.3) is 0 Å². The molecule has 92 valence electrons. The number of ether oxygens (including phenoxy) is 1. The third kappa shape index (κ3) is 2.76. The normalized spacial score (nSPS) is 22.9. The van der Waals surface area contributed by atoms with Gasteiger partial charge in [-0.2, -0.15) is 0 Å². The van der Waals surface area contributed by atoms with E-state index in [0.29, 0.717) is 17.1 Å². The van der Waals surface area contributed by atoms with Crippen LogP contribution in [-0.4, -0.2) is 24.2 Å². The van der Waals surface area contributed by atoms with Gasteiger partial charge in [0.2, 0.25) is 0 Å². The molecule has 1 aromatic carbocycles. The van der Waals surface area contributed by atoms with E-state index in [1.807, 2.05) is 19.1 Å². The van der Waals surface area contributed by atoms with Crippen molar-refractivity contribution >= 4 is 22.9 Å². The van der Waals surface area contributed by atoms with Gasteiger partial charge in [0.15, 0.2) is 0 Å². The van der Waals surface area contributed by atoms with Gasteiger partial charge in [-0.25, -0.2) is 0 Å². The van der Waals surface area contributed by atoms with Gasteiger partial charge in [-0.05, 0) is 31.9 Å². The molecule has 4 heteroatoms. The number of anilines is 1. The minimum absolute atomic E-state index is 0.395. The fourth-order valence-corrected chi connectivity index (χ4v) is 2.25. The van der Waals surface area contributed by atoms with Crippen LogP contribution in [0.2, 0.25) is 0 Å². The Morgan fingerprint density at radius 1 is 1.47 bits per heavy atom. The number of benzene rings is 1. The van der Waals surface area contributed by atoms with Gasteiger partial charge < -0.3 is 15.8 Å². The minimum Gasteiger partial charge on any atom is -0.389 e. The standard InChI is InChI=1S/C13H18N2OS/c1-8-3-4-12(11(5-8)13(14)17)15-9-6-10(7-9)16-2/h3-5,9-10,15H,6-7H2,1-2H3,(H2,14,17). The molecule has 2 rings (SSSR count). The van der Waals surface area contributed by atoms with E-state index in [-0.39, 0.29) is 0 Å². The smallest absolute Gasteiger partial charge is 0.106 e. The first-order chi connectivity index (χ1) is 8.10. The maximum absolute atomic E-state index is 5.74. The second kappa shape index (κ2) is 5.02. The molecular weight excluding hydrogens is 232 g/mol. The molecule has 3 N–H and O–H groups in total. The molecule has 0 saturated heterocycles. The lowest BCUT2D eigenvalue weighted by atomic mass is 9.89. The summed E-state index contributed by atoms with van der Waals surface area (Å²) in [6, 6.07) is 6.60. The van der Waals surface area contributed by atoms with Crippen LogP contribution < -0.4 is 11.1 Å². The van der Waals surface area contributed by atoms with Crippen LogP contribution in [0.5, 0.6) is 0 Å². The lowest BCUT2D eigenvalue weighted by Crippen LogP contribution is -2.40. The molecule has 0 unspecified atom stereocenters. The Balaban J connectivity index is 2.08. The van der Waals surface area contributed by atoms with Gasteiger partial charge in [0.1, 0.15) is 4.99 Å². The van der Waals surface area contributed by atoms with Gasteiger partial charge >= 0.3 is 0 Å². The van der Waals surface area contributed by atoms with Crippen LogP contribution in [0.3, 0.4) is 0 Å². The number of methoxy groups -OCH3 is 1. The van der Waals surface area contributed by atoms with Crippen molar-refractivity contribution in [3.8, 4) is 0 Å². The zero-order chi connectivity index (χ0) is 12.4. The molecule has 1 fully saturated rings. The molecule has 0 heterocycles. The molecule has 0 aliphatic heterocycles. The summed E-state index contributed by atoms with van der Waals surface area (Å²) < 4.78 is 5.26. The van der Waals surface area contributed by atoms with E-state index >= 15 is 0 Å². The van der Waals surface area contributed by atoms with Gasteiger partial charge in [-0.15, -0.1) is 0 Å². The molecule has 0 aromatic heterocycles. The highest BCUT2D eigenvalue weighted by molar-refractivity contribution is 7.80. The van der Waals surface area contributed by atoms with Crippen molar-refractivity contribution in [2.24, 2.45) is 5.73 Å². The van der Waals surface area contributed by atoms with Crippen LogP contribution in [0.1, 0.15) is 24.0 Å². The van der Waals surface area contributed by atoms with Crippen molar-refractivity contribution in [2.45, 2.75) is 31.9 Å². The largest absolute Gasteiger partial charge is 0.389 e. The number of hydrogen-bond donors (Lipinski definition) is 2. The Labute approximate surface area is 107 Å². The summed E-state index contributed by atoms with van der Waals surface area (Å²) in [5, 5.41) is 3.47. The van der Waals surface area contributed by atoms with Gasteiger partial charge in [0, 0.05) is 24.4 Å². The molecule has 3 nitrogen and oxygen atoms in total. The van der Waals surface area contributed by atoms with E-state index in [0.717, 1.165) is 24.1 Å². The fourth-order valence-electron chi connectivity index (χ4n) is 2.08. The Morgan fingerprint density at radius 2 is 2.18 bits per heavy atom. The van der Waals surface area contributed by atoms with Crippen LogP contribution in [0, 0.1) is 6.92 Å². The molecule has 1 aliphatic carbocycles. The van der Waals surface area contributed by atoms with Crippen molar-refractivity contribution in [3.63, 3.8) is 0 Å². The summed E-state index contributed by atoms with van der Waals surface area (Å²) in [4.78, 5) is 0.443. The van der Waals surface area contributed by atoms with E-state index in [1.165, 1.54) is 5.56 Å². The Morgan fingerprint density at radius 3 is 2.76 bits per heavy atom. The van der Waals surface area contributed by atoms with E-state index in [2.05, 4.69) is 11.4 Å². The zero-order valence-electron chi connectivity index (χ0n) is 10.2. The number of nitrogens with two attached hydrogens (primary N) is 1. The van der Waals surface area contributed by atoms with Crippen molar-refractivity contribution in [1.82, 2.24) is 0 Å². The predicted octanol–water partition coefficient (Wildman–Crippen LogP) is 2.22. The summed E-state index contributed by atoms with van der Waals surface area (Å²) in [6.45, 7) is 2.04. The number of nitrogens with one attached hydrogen (secondary N) is 1. The molecule has 0 amide bonds. The second-order valence-corrected chi connectivity index (χ2v) is 5.02. The van der Waals surface area contributed by atoms with Crippen molar-refractivity contribution < 1.29 is 4.74 Å². The van der Waals surface area contributed by atoms with Gasteiger partial charge in [-0.1, -0.05) is 23.8 Å². The number of hydrogen-bond acceptors (Lipinski definition) is 3. The number of thiocarbonyl (C=S) groups is 1. The van der Waals surface area contributed by atoms with Crippen LogP contribution in [-0.2, 0) is 4.74 Å². The fraction of sp³-hybridized carbons (Fsp3) is 0.462. The molecule has 0 spiro atoms. The van der Waals surface area contributed by atoms with Crippen LogP contribution in [0.4, 0.5) is 5.69 Å². The van der Waals surface area contributed by atoms with Crippen molar-refractivity contribution in [2.75, 3.05) is 12.4 Å².